The van der Waals surface area contributed by atoms with Gasteiger partial charge in [-0.1, -0.05) is 6.92 Å². The van der Waals surface area contributed by atoms with Crippen LogP contribution in [0.4, 0.5) is 0 Å². The standard InChI is InChI=1S/C8H18NO/c1-5-9(6-7-10)8(2,3)4/h5-7H2,1-4H3. The summed E-state index contributed by atoms with van der Waals surface area (Å²) in [5, 5.41) is 10.3. The first-order chi connectivity index (χ1) is 4.52. The molecule has 1 radical (unpaired) electrons. The van der Waals surface area contributed by atoms with Gasteiger partial charge in [0.15, 0.2) is 0 Å². The smallest absolute Gasteiger partial charge is 0.0949 e. The van der Waals surface area contributed by atoms with E-state index >= 15 is 0 Å². The molecule has 0 atom stereocenters. The Morgan fingerprint density at radius 3 is 1.90 bits per heavy atom. The summed E-state index contributed by atoms with van der Waals surface area (Å²) in [6, 6.07) is 0. The average Bonchev–Trinajstić information content (AvgIpc) is 1.80. The molecule has 0 aliphatic heterocycles. The largest absolute Gasteiger partial charge is 0.296 e. The van der Waals surface area contributed by atoms with Crippen molar-refractivity contribution in [2.24, 2.45) is 0 Å². The number of likely N-dealkylation sites (N-methyl/N-ethyl adjacent to an activating group) is 1. The fourth-order valence-corrected chi connectivity index (χ4v) is 1.08. The molecule has 0 unspecified atom stereocenters. The lowest BCUT2D eigenvalue weighted by Gasteiger charge is -2.33. The summed E-state index contributed by atoms with van der Waals surface area (Å²) in [7, 11) is 0. The summed E-state index contributed by atoms with van der Waals surface area (Å²) in [6.45, 7) is 10.1. The maximum atomic E-state index is 10.3. The zero-order valence-electron chi connectivity index (χ0n) is 7.48. The van der Waals surface area contributed by atoms with Gasteiger partial charge in [-0.15, -0.1) is 0 Å². The van der Waals surface area contributed by atoms with Gasteiger partial charge in [-0.05, 0) is 27.3 Å². The lowest BCUT2D eigenvalue weighted by molar-refractivity contribution is 0.0862. The molecule has 0 aliphatic carbocycles. The Balaban J connectivity index is 3.81. The molecule has 0 amide bonds. The minimum absolute atomic E-state index is 0.00507. The van der Waals surface area contributed by atoms with E-state index in [0.29, 0.717) is 6.54 Å². The average molecular weight is 144 g/mol. The molecule has 0 rings (SSSR count). The summed E-state index contributed by atoms with van der Waals surface area (Å²) in [4.78, 5) is 2.18. The molecule has 0 fully saturated rings. The van der Waals surface area contributed by atoms with E-state index in [-0.39, 0.29) is 12.1 Å². The summed E-state index contributed by atoms with van der Waals surface area (Å²) in [5.41, 5.74) is 0.152. The molecule has 0 spiro atoms. The van der Waals surface area contributed by atoms with Crippen LogP contribution in [0.1, 0.15) is 27.7 Å². The van der Waals surface area contributed by atoms with Crippen molar-refractivity contribution in [3.63, 3.8) is 0 Å². The van der Waals surface area contributed by atoms with Gasteiger partial charge in [0.05, 0.1) is 6.61 Å². The summed E-state index contributed by atoms with van der Waals surface area (Å²) in [6.07, 6.45) is 0. The highest BCUT2D eigenvalue weighted by Gasteiger charge is 2.18. The molecule has 0 N–H and O–H groups in total. The molecule has 61 valence electrons. The second kappa shape index (κ2) is 3.94. The Morgan fingerprint density at radius 2 is 1.80 bits per heavy atom. The second-order valence-electron chi connectivity index (χ2n) is 3.45. The van der Waals surface area contributed by atoms with Crippen molar-refractivity contribution in [3.05, 3.63) is 0 Å². The van der Waals surface area contributed by atoms with E-state index in [1.807, 2.05) is 0 Å². The fourth-order valence-electron chi connectivity index (χ4n) is 1.08. The zero-order valence-corrected chi connectivity index (χ0v) is 7.48. The predicted molar refractivity (Wildman–Crippen MR) is 42.6 cm³/mol. The molecule has 0 aliphatic rings. The normalized spacial score (nSPS) is 12.6. The molecule has 2 nitrogen and oxygen atoms in total. The molecular weight excluding hydrogens is 126 g/mol. The van der Waals surface area contributed by atoms with Crippen LogP contribution in [-0.4, -0.2) is 30.1 Å². The molecule has 0 heterocycles. The minimum atomic E-state index is 0.00507. The van der Waals surface area contributed by atoms with Crippen LogP contribution in [0.15, 0.2) is 0 Å². The van der Waals surface area contributed by atoms with Crippen LogP contribution in [0.3, 0.4) is 0 Å². The Labute approximate surface area is 63.8 Å². The molecule has 0 bridgehead atoms. The van der Waals surface area contributed by atoms with Gasteiger partial charge < -0.3 is 0 Å². The molecule has 0 aromatic heterocycles. The van der Waals surface area contributed by atoms with Crippen LogP contribution in [0.2, 0.25) is 0 Å². The van der Waals surface area contributed by atoms with Gasteiger partial charge in [0.25, 0.3) is 0 Å². The minimum Gasteiger partial charge on any atom is -0.296 e. The number of rotatable bonds is 3. The zero-order chi connectivity index (χ0) is 8.20. The van der Waals surface area contributed by atoms with Crippen molar-refractivity contribution in [2.45, 2.75) is 33.2 Å². The highest BCUT2D eigenvalue weighted by atomic mass is 16.3. The molecule has 0 saturated carbocycles. The Hall–Kier alpha value is -0.0800. The van der Waals surface area contributed by atoms with Crippen molar-refractivity contribution < 1.29 is 5.11 Å². The first-order valence-corrected chi connectivity index (χ1v) is 3.85. The molecule has 0 saturated heterocycles. The monoisotopic (exact) mass is 144 g/mol. The lowest BCUT2D eigenvalue weighted by atomic mass is 10.1. The van der Waals surface area contributed by atoms with Gasteiger partial charge in [0, 0.05) is 12.1 Å². The molecule has 0 aromatic carbocycles. The maximum absolute atomic E-state index is 10.3. The van der Waals surface area contributed by atoms with E-state index in [1.54, 1.807) is 0 Å². The Bertz CT molecular complexity index is 85.7. The SMILES string of the molecule is CCN(CC[O])C(C)(C)C. The number of hydrogen-bond acceptors (Lipinski definition) is 1. The lowest BCUT2D eigenvalue weighted by Crippen LogP contribution is -2.42. The van der Waals surface area contributed by atoms with Crippen LogP contribution in [0.5, 0.6) is 0 Å². The topological polar surface area (TPSA) is 23.1 Å². The van der Waals surface area contributed by atoms with Crippen LogP contribution >= 0.6 is 0 Å². The van der Waals surface area contributed by atoms with Gasteiger partial charge >= 0.3 is 0 Å². The molecule has 2 heteroatoms. The van der Waals surface area contributed by atoms with Crippen molar-refractivity contribution in [3.8, 4) is 0 Å². The quantitative estimate of drug-likeness (QED) is 0.589. The third-order valence-electron chi connectivity index (χ3n) is 1.69. The number of nitrogens with zero attached hydrogens (tertiary/aromatic N) is 1. The third-order valence-corrected chi connectivity index (χ3v) is 1.69. The van der Waals surface area contributed by atoms with Gasteiger partial charge in [-0.3, -0.25) is 4.90 Å². The van der Waals surface area contributed by atoms with Crippen LogP contribution < -0.4 is 0 Å². The van der Waals surface area contributed by atoms with E-state index in [1.165, 1.54) is 0 Å². The Morgan fingerprint density at radius 1 is 1.30 bits per heavy atom. The predicted octanol–water partition coefficient (Wildman–Crippen LogP) is 1.54. The first kappa shape index (κ1) is 9.92. The summed E-state index contributed by atoms with van der Waals surface area (Å²) in [5.74, 6) is 0. The highest BCUT2D eigenvalue weighted by Crippen LogP contribution is 2.11. The number of hydrogen-bond donors (Lipinski definition) is 0. The van der Waals surface area contributed by atoms with E-state index in [9.17, 15) is 5.11 Å². The van der Waals surface area contributed by atoms with E-state index < -0.39 is 0 Å². The van der Waals surface area contributed by atoms with E-state index in [2.05, 4.69) is 32.6 Å². The first-order valence-electron chi connectivity index (χ1n) is 3.85. The summed E-state index contributed by atoms with van der Waals surface area (Å²) >= 11 is 0. The third kappa shape index (κ3) is 3.18. The van der Waals surface area contributed by atoms with Gasteiger partial charge in [-0.25, -0.2) is 5.11 Å². The maximum Gasteiger partial charge on any atom is 0.0949 e. The highest BCUT2D eigenvalue weighted by molar-refractivity contribution is 4.74. The molecule has 0 aromatic rings. The van der Waals surface area contributed by atoms with Crippen molar-refractivity contribution >= 4 is 0 Å². The van der Waals surface area contributed by atoms with Crippen molar-refractivity contribution in [1.82, 2.24) is 4.90 Å². The van der Waals surface area contributed by atoms with Gasteiger partial charge in [0.2, 0.25) is 0 Å². The molecular formula is C8H18NO. The summed E-state index contributed by atoms with van der Waals surface area (Å²) < 4.78 is 0. The van der Waals surface area contributed by atoms with E-state index in [0.717, 1.165) is 6.54 Å². The van der Waals surface area contributed by atoms with Crippen LogP contribution in [-0.2, 0) is 5.11 Å². The molecule has 10 heavy (non-hydrogen) atoms. The van der Waals surface area contributed by atoms with Gasteiger partial charge in [-0.2, -0.15) is 0 Å². The fraction of sp³-hybridized carbons (Fsp3) is 1.00. The Kier molecular flexibility index (Phi) is 3.91. The van der Waals surface area contributed by atoms with Gasteiger partial charge in [0.1, 0.15) is 0 Å². The van der Waals surface area contributed by atoms with Crippen LogP contribution in [0.25, 0.3) is 0 Å². The second-order valence-corrected chi connectivity index (χ2v) is 3.45. The van der Waals surface area contributed by atoms with Crippen molar-refractivity contribution in [1.29, 1.82) is 0 Å². The van der Waals surface area contributed by atoms with E-state index in [4.69, 9.17) is 0 Å². The van der Waals surface area contributed by atoms with Crippen LogP contribution in [0, 0.1) is 0 Å². The van der Waals surface area contributed by atoms with Crippen molar-refractivity contribution in [2.75, 3.05) is 19.7 Å².